The number of Topliss-reactive ketones (excluding diaryl/α,β-unsaturated/α-hetero) is 1. The molecule has 3 aromatic carbocycles. The average Bonchev–Trinajstić information content (AvgIpc) is 3.74. The lowest BCUT2D eigenvalue weighted by atomic mass is 9.96. The van der Waals surface area contributed by atoms with Gasteiger partial charge in [0.2, 0.25) is 11.7 Å². The van der Waals surface area contributed by atoms with Gasteiger partial charge >= 0.3 is 0 Å². The summed E-state index contributed by atoms with van der Waals surface area (Å²) in [6.07, 6.45) is 5.48. The minimum Gasteiger partial charge on any atom is -0.473 e. The van der Waals surface area contributed by atoms with E-state index in [1.807, 2.05) is 80.6 Å². The van der Waals surface area contributed by atoms with Gasteiger partial charge < -0.3 is 4.74 Å². The van der Waals surface area contributed by atoms with Crippen molar-refractivity contribution < 1.29 is 23.9 Å². The molecule has 3 aromatic rings. The van der Waals surface area contributed by atoms with Crippen LogP contribution in [-0.2, 0) is 25.5 Å². The fraction of sp³-hybridized carbons (Fsp3) is 0.342. The van der Waals surface area contributed by atoms with Crippen LogP contribution in [0.25, 0.3) is 5.70 Å². The minimum atomic E-state index is -1.15. The van der Waals surface area contributed by atoms with Crippen LogP contribution < -0.4 is 0 Å². The van der Waals surface area contributed by atoms with Crippen molar-refractivity contribution in [2.75, 3.05) is 6.61 Å². The van der Waals surface area contributed by atoms with E-state index in [4.69, 9.17) is 9.73 Å². The average molecular weight is 633 g/mol. The zero-order valence-electron chi connectivity index (χ0n) is 27.0. The first-order valence-corrected chi connectivity index (χ1v) is 16.3. The Morgan fingerprint density at radius 1 is 0.915 bits per heavy atom. The largest absolute Gasteiger partial charge is 0.473 e. The third-order valence-corrected chi connectivity index (χ3v) is 9.18. The summed E-state index contributed by atoms with van der Waals surface area (Å²) in [6.45, 7) is 5.40. The number of nitrogens with zero attached hydrogens (tertiary/aromatic N) is 4. The standard InChI is InChI=1S/C38H40N4O5/c1-26(2)33-37(46)42(32(29-17-9-5-10-18-29)24-40(33)36(45)30-19-11-6-12-20-30)41(27(3)43)31(23-28-15-7-4-8-16-28)34(44)35-39-38(25-47-35)21-13-14-22-38/h4-12,15-20,24,26,31,33H,13-14,21-23,25H2,1-3H3/t31-,33?/m0/s1. The molecule has 1 aliphatic carbocycles. The Morgan fingerprint density at radius 3 is 2.11 bits per heavy atom. The van der Waals surface area contributed by atoms with Gasteiger partial charge in [-0.05, 0) is 36.5 Å². The van der Waals surface area contributed by atoms with E-state index in [0.29, 0.717) is 23.4 Å². The lowest BCUT2D eigenvalue weighted by Crippen LogP contribution is -2.64. The molecule has 2 aliphatic heterocycles. The van der Waals surface area contributed by atoms with Gasteiger partial charge in [0.1, 0.15) is 18.7 Å². The van der Waals surface area contributed by atoms with Gasteiger partial charge in [-0.25, -0.2) is 15.0 Å². The molecule has 2 heterocycles. The first kappa shape index (κ1) is 31.9. The molecule has 3 aliphatic rings. The minimum absolute atomic E-state index is 0.00456. The van der Waals surface area contributed by atoms with Crippen LogP contribution in [0.3, 0.4) is 0 Å². The summed E-state index contributed by atoms with van der Waals surface area (Å²) in [6, 6.07) is 25.2. The van der Waals surface area contributed by atoms with Gasteiger partial charge in [-0.15, -0.1) is 0 Å². The summed E-state index contributed by atoms with van der Waals surface area (Å²) in [5.74, 6) is -2.13. The van der Waals surface area contributed by atoms with Crippen molar-refractivity contribution in [3.8, 4) is 0 Å². The number of ketones is 1. The Labute approximate surface area is 275 Å². The molecular weight excluding hydrogens is 592 g/mol. The summed E-state index contributed by atoms with van der Waals surface area (Å²) in [4.78, 5) is 63.5. The number of amides is 3. The molecule has 1 unspecified atom stereocenters. The van der Waals surface area contributed by atoms with Gasteiger partial charge in [0.05, 0.1) is 11.2 Å². The monoisotopic (exact) mass is 632 g/mol. The number of ether oxygens (including phenoxy) is 1. The molecule has 3 amide bonds. The van der Waals surface area contributed by atoms with E-state index in [1.54, 1.807) is 30.5 Å². The van der Waals surface area contributed by atoms with Crippen LogP contribution in [0.15, 0.2) is 102 Å². The Hall–Kier alpha value is -5.05. The molecule has 2 atom stereocenters. The summed E-state index contributed by atoms with van der Waals surface area (Å²) in [5, 5.41) is 2.56. The fourth-order valence-electron chi connectivity index (χ4n) is 6.85. The predicted molar refractivity (Wildman–Crippen MR) is 179 cm³/mol. The Morgan fingerprint density at radius 2 is 1.51 bits per heavy atom. The van der Waals surface area contributed by atoms with Crippen LogP contribution in [0.2, 0.25) is 0 Å². The lowest BCUT2D eigenvalue weighted by molar-refractivity contribution is -0.165. The molecule has 47 heavy (non-hydrogen) atoms. The topological polar surface area (TPSA) is 99.6 Å². The van der Waals surface area contributed by atoms with Crippen LogP contribution in [0.5, 0.6) is 0 Å². The van der Waals surface area contributed by atoms with Crippen LogP contribution >= 0.6 is 0 Å². The van der Waals surface area contributed by atoms with Crippen LogP contribution in [-0.4, -0.2) is 68.5 Å². The van der Waals surface area contributed by atoms with Crippen molar-refractivity contribution in [1.29, 1.82) is 0 Å². The molecule has 1 saturated carbocycles. The first-order valence-electron chi connectivity index (χ1n) is 16.3. The number of rotatable bonds is 9. The van der Waals surface area contributed by atoms with Crippen molar-refractivity contribution in [2.24, 2.45) is 10.9 Å². The van der Waals surface area contributed by atoms with Gasteiger partial charge in [-0.3, -0.25) is 24.1 Å². The maximum absolute atomic E-state index is 14.9. The van der Waals surface area contributed by atoms with E-state index in [0.717, 1.165) is 31.2 Å². The molecule has 0 aromatic heterocycles. The van der Waals surface area contributed by atoms with Crippen molar-refractivity contribution >= 4 is 35.1 Å². The van der Waals surface area contributed by atoms with Gasteiger partial charge in [-0.1, -0.05) is 106 Å². The van der Waals surface area contributed by atoms with E-state index < -0.39 is 35.2 Å². The number of hydrogen-bond donors (Lipinski definition) is 0. The molecule has 1 fully saturated rings. The highest BCUT2D eigenvalue weighted by Gasteiger charge is 2.49. The van der Waals surface area contributed by atoms with E-state index in [-0.39, 0.29) is 24.1 Å². The highest BCUT2D eigenvalue weighted by molar-refractivity contribution is 6.39. The summed E-state index contributed by atoms with van der Waals surface area (Å²) >= 11 is 0. The number of benzene rings is 3. The van der Waals surface area contributed by atoms with Crippen molar-refractivity contribution in [3.05, 3.63) is 114 Å². The maximum Gasteiger partial charge on any atom is 0.269 e. The van der Waals surface area contributed by atoms with Crippen LogP contribution in [0, 0.1) is 5.92 Å². The maximum atomic E-state index is 14.9. The SMILES string of the molecule is CC(=O)N([C@@H](Cc1ccccc1)C(=O)C1=NC2(CCCC2)CO1)N1C(=O)C(C(C)C)N(C(=O)c2ccccc2)C=C1c1ccccc1. The van der Waals surface area contributed by atoms with E-state index >= 15 is 0 Å². The Balaban J connectivity index is 1.50. The van der Waals surface area contributed by atoms with Gasteiger partial charge in [0.15, 0.2) is 0 Å². The summed E-state index contributed by atoms with van der Waals surface area (Å²) in [5.41, 5.74) is 1.73. The highest BCUT2D eigenvalue weighted by atomic mass is 16.5. The first-order chi connectivity index (χ1) is 22.7. The zero-order chi connectivity index (χ0) is 33.1. The Bertz CT molecular complexity index is 1700. The fourth-order valence-corrected chi connectivity index (χ4v) is 6.85. The lowest BCUT2D eigenvalue weighted by Gasteiger charge is -2.46. The molecule has 0 radical (unpaired) electrons. The molecule has 242 valence electrons. The number of aliphatic imine (C=N–C) groups is 1. The van der Waals surface area contributed by atoms with Crippen molar-refractivity contribution in [2.45, 2.75) is 70.5 Å². The number of hydrogen-bond acceptors (Lipinski definition) is 6. The second-order valence-electron chi connectivity index (χ2n) is 12.9. The van der Waals surface area contributed by atoms with E-state index in [9.17, 15) is 19.2 Å². The highest BCUT2D eigenvalue weighted by Crippen LogP contribution is 2.38. The van der Waals surface area contributed by atoms with Crippen LogP contribution in [0.1, 0.15) is 67.9 Å². The number of carbonyl (C=O) groups excluding carboxylic acids is 4. The number of carbonyl (C=O) groups is 4. The zero-order valence-corrected chi connectivity index (χ0v) is 27.0. The second kappa shape index (κ2) is 13.4. The van der Waals surface area contributed by atoms with Crippen molar-refractivity contribution in [1.82, 2.24) is 14.9 Å². The summed E-state index contributed by atoms with van der Waals surface area (Å²) in [7, 11) is 0. The molecule has 9 heteroatoms. The van der Waals surface area contributed by atoms with E-state index in [2.05, 4.69) is 0 Å². The van der Waals surface area contributed by atoms with Crippen LogP contribution in [0.4, 0.5) is 0 Å². The second-order valence-corrected chi connectivity index (χ2v) is 12.9. The molecular formula is C38H40N4O5. The normalized spacial score (nSPS) is 19.3. The molecule has 6 rings (SSSR count). The number of hydrazine groups is 1. The Kier molecular flexibility index (Phi) is 9.07. The smallest absolute Gasteiger partial charge is 0.269 e. The predicted octanol–water partition coefficient (Wildman–Crippen LogP) is 5.68. The van der Waals surface area contributed by atoms with Gasteiger partial charge in [-0.2, -0.15) is 0 Å². The van der Waals surface area contributed by atoms with Gasteiger partial charge in [0.25, 0.3) is 17.7 Å². The van der Waals surface area contributed by atoms with Crippen molar-refractivity contribution in [3.63, 3.8) is 0 Å². The molecule has 0 N–H and O–H groups in total. The van der Waals surface area contributed by atoms with Gasteiger partial charge in [0, 0.05) is 30.7 Å². The molecule has 1 spiro atoms. The quantitative estimate of drug-likeness (QED) is 0.302. The summed E-state index contributed by atoms with van der Waals surface area (Å²) < 4.78 is 5.98. The molecule has 0 saturated heterocycles. The molecule has 9 nitrogen and oxygen atoms in total. The third-order valence-electron chi connectivity index (χ3n) is 9.18. The van der Waals surface area contributed by atoms with E-state index in [1.165, 1.54) is 21.8 Å². The molecule has 0 bridgehead atoms. The third kappa shape index (κ3) is 6.35.